The van der Waals surface area contributed by atoms with Gasteiger partial charge in [-0.2, -0.15) is 0 Å². The third-order valence-corrected chi connectivity index (χ3v) is 3.54. The average Bonchev–Trinajstić information content (AvgIpc) is 2.33. The molecule has 0 unspecified atom stereocenters. The van der Waals surface area contributed by atoms with Gasteiger partial charge in [-0.15, -0.1) is 0 Å². The normalized spacial score (nSPS) is 20.7. The molecule has 1 aliphatic heterocycles. The van der Waals surface area contributed by atoms with Gasteiger partial charge in [-0.05, 0) is 37.0 Å². The lowest BCUT2D eigenvalue weighted by Gasteiger charge is -2.36. The van der Waals surface area contributed by atoms with E-state index in [0.29, 0.717) is 6.42 Å². The van der Waals surface area contributed by atoms with Gasteiger partial charge in [0.05, 0.1) is 6.04 Å². The molecule has 1 amide bonds. The van der Waals surface area contributed by atoms with Crippen molar-refractivity contribution in [3.8, 4) is 0 Å². The van der Waals surface area contributed by atoms with Gasteiger partial charge in [0.1, 0.15) is 0 Å². The van der Waals surface area contributed by atoms with E-state index in [4.69, 9.17) is 11.6 Å². The number of hydrogen-bond acceptors (Lipinski definition) is 1. The van der Waals surface area contributed by atoms with Crippen molar-refractivity contribution in [2.45, 2.75) is 38.6 Å². The fourth-order valence-corrected chi connectivity index (χ4v) is 2.60. The molecule has 0 aromatic heterocycles. The molecule has 1 saturated heterocycles. The van der Waals surface area contributed by atoms with Crippen LogP contribution < -0.4 is 0 Å². The molecule has 1 fully saturated rings. The largest absolute Gasteiger partial charge is 0.336 e. The molecule has 1 aromatic carbocycles. The average molecular weight is 252 g/mol. The van der Waals surface area contributed by atoms with Gasteiger partial charge in [-0.25, -0.2) is 0 Å². The standard InChI is InChI=1S/C14H18ClNO/c1-2-10-16-13(4-3-5-14(16)17)11-6-8-12(15)9-7-11/h6-9,13H,2-5,10H2,1H3/t13-/m0/s1. The monoisotopic (exact) mass is 251 g/mol. The van der Waals surface area contributed by atoms with Gasteiger partial charge in [0, 0.05) is 18.0 Å². The third-order valence-electron chi connectivity index (χ3n) is 3.28. The summed E-state index contributed by atoms with van der Waals surface area (Å²) in [6, 6.07) is 8.12. The number of carbonyl (C=O) groups excluding carboxylic acids is 1. The molecular weight excluding hydrogens is 234 g/mol. The number of piperidine rings is 1. The molecule has 0 aliphatic carbocycles. The van der Waals surface area contributed by atoms with Gasteiger partial charge < -0.3 is 4.90 Å². The van der Waals surface area contributed by atoms with Gasteiger partial charge in [0.2, 0.25) is 5.91 Å². The zero-order valence-electron chi connectivity index (χ0n) is 10.2. The van der Waals surface area contributed by atoms with Crippen LogP contribution in [0.15, 0.2) is 24.3 Å². The minimum absolute atomic E-state index is 0.244. The summed E-state index contributed by atoms with van der Waals surface area (Å²) in [6.07, 6.45) is 3.76. The SMILES string of the molecule is CCCN1C(=O)CCC[C@H]1c1ccc(Cl)cc1. The molecule has 17 heavy (non-hydrogen) atoms. The minimum atomic E-state index is 0.244. The van der Waals surface area contributed by atoms with Gasteiger partial charge in [0.25, 0.3) is 0 Å². The van der Waals surface area contributed by atoms with Crippen LogP contribution in [0.4, 0.5) is 0 Å². The van der Waals surface area contributed by atoms with Crippen LogP contribution in [0.25, 0.3) is 0 Å². The first-order valence-corrected chi connectivity index (χ1v) is 6.65. The summed E-state index contributed by atoms with van der Waals surface area (Å²) < 4.78 is 0. The lowest BCUT2D eigenvalue weighted by molar-refractivity contribution is -0.136. The molecule has 0 N–H and O–H groups in total. The predicted molar refractivity (Wildman–Crippen MR) is 70.0 cm³/mol. The highest BCUT2D eigenvalue weighted by atomic mass is 35.5. The molecule has 1 atom stereocenters. The van der Waals surface area contributed by atoms with Gasteiger partial charge in [-0.1, -0.05) is 30.7 Å². The van der Waals surface area contributed by atoms with Crippen LogP contribution in [-0.2, 0) is 4.79 Å². The van der Waals surface area contributed by atoms with Gasteiger partial charge in [-0.3, -0.25) is 4.79 Å². The minimum Gasteiger partial charge on any atom is -0.336 e. The maximum atomic E-state index is 11.9. The van der Waals surface area contributed by atoms with E-state index in [1.54, 1.807) is 0 Å². The molecule has 2 rings (SSSR count). The second-order valence-corrected chi connectivity index (χ2v) is 4.98. The highest BCUT2D eigenvalue weighted by molar-refractivity contribution is 6.30. The molecule has 1 aliphatic rings. The van der Waals surface area contributed by atoms with E-state index in [9.17, 15) is 4.79 Å². The van der Waals surface area contributed by atoms with Crippen LogP contribution in [-0.4, -0.2) is 17.4 Å². The van der Waals surface area contributed by atoms with Crippen molar-refractivity contribution in [1.29, 1.82) is 0 Å². The number of nitrogens with zero attached hydrogens (tertiary/aromatic N) is 1. The van der Waals surface area contributed by atoms with Crippen LogP contribution >= 0.6 is 11.6 Å². The quantitative estimate of drug-likeness (QED) is 0.800. The van der Waals surface area contributed by atoms with E-state index in [-0.39, 0.29) is 11.9 Å². The van der Waals surface area contributed by atoms with Crippen LogP contribution in [0.1, 0.15) is 44.2 Å². The van der Waals surface area contributed by atoms with Crippen molar-refractivity contribution >= 4 is 17.5 Å². The summed E-state index contributed by atoms with van der Waals surface area (Å²) in [5.41, 5.74) is 1.20. The first-order valence-electron chi connectivity index (χ1n) is 6.27. The fourth-order valence-electron chi connectivity index (χ4n) is 2.47. The van der Waals surface area contributed by atoms with Crippen LogP contribution in [0.5, 0.6) is 0 Å². The Morgan fingerprint density at radius 3 is 2.71 bits per heavy atom. The van der Waals surface area contributed by atoms with Crippen molar-refractivity contribution in [2.24, 2.45) is 0 Å². The first kappa shape index (κ1) is 12.4. The number of rotatable bonds is 3. The van der Waals surface area contributed by atoms with Crippen LogP contribution in [0.2, 0.25) is 5.02 Å². The Morgan fingerprint density at radius 1 is 1.35 bits per heavy atom. The summed E-state index contributed by atoms with van der Waals surface area (Å²) >= 11 is 5.90. The Labute approximate surface area is 108 Å². The summed E-state index contributed by atoms with van der Waals surface area (Å²) in [5.74, 6) is 0.290. The zero-order chi connectivity index (χ0) is 12.3. The van der Waals surface area contributed by atoms with Gasteiger partial charge in [0.15, 0.2) is 0 Å². The predicted octanol–water partition coefficient (Wildman–Crippen LogP) is 3.80. The Balaban J connectivity index is 2.21. The molecule has 0 radical (unpaired) electrons. The molecule has 1 aromatic rings. The topological polar surface area (TPSA) is 20.3 Å². The lowest BCUT2D eigenvalue weighted by atomic mass is 9.94. The third kappa shape index (κ3) is 2.81. The maximum absolute atomic E-state index is 11.9. The second-order valence-electron chi connectivity index (χ2n) is 4.55. The molecule has 0 saturated carbocycles. The van der Waals surface area contributed by atoms with Crippen molar-refractivity contribution in [1.82, 2.24) is 4.90 Å². The second kappa shape index (κ2) is 5.54. The summed E-state index contributed by atoms with van der Waals surface area (Å²) in [4.78, 5) is 14.0. The number of hydrogen-bond donors (Lipinski definition) is 0. The van der Waals surface area contributed by atoms with E-state index in [2.05, 4.69) is 6.92 Å². The number of benzene rings is 1. The smallest absolute Gasteiger partial charge is 0.223 e. The van der Waals surface area contributed by atoms with Crippen molar-refractivity contribution in [3.63, 3.8) is 0 Å². The number of amides is 1. The first-order chi connectivity index (χ1) is 8.22. The molecule has 2 nitrogen and oxygen atoms in total. The molecule has 3 heteroatoms. The van der Waals surface area contributed by atoms with Gasteiger partial charge >= 0.3 is 0 Å². The van der Waals surface area contributed by atoms with E-state index in [1.807, 2.05) is 29.2 Å². The van der Waals surface area contributed by atoms with E-state index < -0.39 is 0 Å². The number of halogens is 1. The molecule has 0 bridgehead atoms. The maximum Gasteiger partial charge on any atom is 0.223 e. The van der Waals surface area contributed by atoms with E-state index in [1.165, 1.54) is 5.56 Å². The van der Waals surface area contributed by atoms with Crippen LogP contribution in [0.3, 0.4) is 0 Å². The van der Waals surface area contributed by atoms with Crippen molar-refractivity contribution in [3.05, 3.63) is 34.9 Å². The Hall–Kier alpha value is -1.02. The molecule has 0 spiro atoms. The number of carbonyl (C=O) groups is 1. The Morgan fingerprint density at radius 2 is 2.06 bits per heavy atom. The summed E-state index contributed by atoms with van der Waals surface area (Å²) in [7, 11) is 0. The lowest BCUT2D eigenvalue weighted by Crippen LogP contribution is -2.38. The molecular formula is C14H18ClNO. The number of likely N-dealkylation sites (tertiary alicyclic amines) is 1. The fraction of sp³-hybridized carbons (Fsp3) is 0.500. The Kier molecular flexibility index (Phi) is 4.06. The van der Waals surface area contributed by atoms with E-state index >= 15 is 0 Å². The molecule has 92 valence electrons. The Bertz CT molecular complexity index is 388. The highest BCUT2D eigenvalue weighted by Gasteiger charge is 2.28. The van der Waals surface area contributed by atoms with Crippen molar-refractivity contribution in [2.75, 3.05) is 6.54 Å². The zero-order valence-corrected chi connectivity index (χ0v) is 10.9. The molecule has 1 heterocycles. The van der Waals surface area contributed by atoms with Crippen LogP contribution in [0, 0.1) is 0 Å². The highest BCUT2D eigenvalue weighted by Crippen LogP contribution is 2.32. The summed E-state index contributed by atoms with van der Waals surface area (Å²) in [5, 5.41) is 0.748. The summed E-state index contributed by atoms with van der Waals surface area (Å²) in [6.45, 7) is 2.97. The van der Waals surface area contributed by atoms with E-state index in [0.717, 1.165) is 30.8 Å². The van der Waals surface area contributed by atoms with Crippen molar-refractivity contribution < 1.29 is 4.79 Å².